The van der Waals surface area contributed by atoms with Crippen molar-refractivity contribution in [2.24, 2.45) is 0 Å². The Bertz CT molecular complexity index is 1620. The lowest BCUT2D eigenvalue weighted by Gasteiger charge is -2.31. The smallest absolute Gasteiger partial charge is 0.308 e. The molecule has 1 aliphatic heterocycles. The van der Waals surface area contributed by atoms with Gasteiger partial charge in [0, 0.05) is 22.5 Å². The van der Waals surface area contributed by atoms with Crippen LogP contribution in [0.25, 0.3) is 11.5 Å². The van der Waals surface area contributed by atoms with Gasteiger partial charge >= 0.3 is 6.03 Å². The third-order valence-corrected chi connectivity index (χ3v) is 7.23. The van der Waals surface area contributed by atoms with E-state index in [1.54, 1.807) is 12.1 Å². The van der Waals surface area contributed by atoms with Gasteiger partial charge in [-0.15, -0.1) is 0 Å². The number of hydrogen-bond acceptors (Lipinski definition) is 2. The molecule has 2 aromatic heterocycles. The molecule has 2 amide bonds. The van der Waals surface area contributed by atoms with Crippen LogP contribution < -0.4 is 5.32 Å². The number of nitrogens with zero attached hydrogens (tertiary/aromatic N) is 4. The first-order valence-electron chi connectivity index (χ1n) is 12.8. The average molecular weight is 522 g/mol. The average Bonchev–Trinajstić information content (AvgIpc) is 3.50. The zero-order valence-electron chi connectivity index (χ0n) is 21.3. The molecule has 0 saturated carbocycles. The second-order valence-corrected chi connectivity index (χ2v) is 9.97. The number of halogens is 1. The summed E-state index contributed by atoms with van der Waals surface area (Å²) in [6, 6.07) is 29.4. The minimum Gasteiger partial charge on any atom is -0.308 e. The van der Waals surface area contributed by atoms with Gasteiger partial charge < -0.3 is 14.8 Å². The van der Waals surface area contributed by atoms with Crippen LogP contribution >= 0.6 is 11.6 Å². The van der Waals surface area contributed by atoms with E-state index < -0.39 is 0 Å². The molecule has 0 spiro atoms. The maximum atomic E-state index is 14.1. The summed E-state index contributed by atoms with van der Waals surface area (Å²) in [6.45, 7) is 4.58. The predicted molar refractivity (Wildman–Crippen MR) is 151 cm³/mol. The first-order chi connectivity index (χ1) is 18.5. The highest BCUT2D eigenvalue weighted by Gasteiger charge is 2.36. The van der Waals surface area contributed by atoms with Crippen LogP contribution in [-0.2, 0) is 13.0 Å². The van der Waals surface area contributed by atoms with Gasteiger partial charge in [-0.2, -0.15) is 5.10 Å². The molecule has 3 heterocycles. The Morgan fingerprint density at radius 2 is 1.82 bits per heavy atom. The highest BCUT2D eigenvalue weighted by atomic mass is 35.5. The van der Waals surface area contributed by atoms with Crippen LogP contribution in [-0.4, -0.2) is 25.3 Å². The summed E-state index contributed by atoms with van der Waals surface area (Å²) in [5.74, 6) is 0.962. The van der Waals surface area contributed by atoms with E-state index in [0.717, 1.165) is 46.0 Å². The summed E-state index contributed by atoms with van der Waals surface area (Å²) in [5.41, 5.74) is 6.82. The molecule has 0 bridgehead atoms. The van der Waals surface area contributed by atoms with Gasteiger partial charge in [0.1, 0.15) is 5.82 Å². The number of anilines is 1. The first kappa shape index (κ1) is 24.1. The van der Waals surface area contributed by atoms with Crippen molar-refractivity contribution < 1.29 is 4.79 Å². The molecule has 190 valence electrons. The van der Waals surface area contributed by atoms with Crippen molar-refractivity contribution in [1.82, 2.24) is 19.2 Å². The number of fused-ring (bicyclic) bond motifs is 3. The Labute approximate surface area is 227 Å². The van der Waals surface area contributed by atoms with E-state index in [-0.39, 0.29) is 12.1 Å². The van der Waals surface area contributed by atoms with Crippen molar-refractivity contribution in [3.63, 3.8) is 0 Å². The molecular weight excluding hydrogens is 494 g/mol. The maximum absolute atomic E-state index is 14.1. The van der Waals surface area contributed by atoms with Gasteiger partial charge in [-0.05, 0) is 61.4 Å². The number of hydrogen-bond donors (Lipinski definition) is 1. The zero-order chi connectivity index (χ0) is 26.2. The Kier molecular flexibility index (Phi) is 6.26. The molecule has 0 fully saturated rings. The molecule has 1 N–H and O–H groups in total. The molecule has 1 aliphatic rings. The topological polar surface area (TPSA) is 55.1 Å². The fraction of sp³-hybridized carbons (Fsp3) is 0.161. The van der Waals surface area contributed by atoms with Crippen LogP contribution in [0, 0.1) is 6.92 Å². The largest absolute Gasteiger partial charge is 0.322 e. The van der Waals surface area contributed by atoms with Crippen LogP contribution in [0.1, 0.15) is 41.0 Å². The van der Waals surface area contributed by atoms with E-state index in [0.29, 0.717) is 17.3 Å². The SMILES string of the molecule is CCc1nn(-c2ccccc2)c2c1CN(C(=O)Nc1cccc(Cl)c1)[C@H](c1cccc(C)c1)c1cccn1-2. The minimum absolute atomic E-state index is 0.200. The zero-order valence-corrected chi connectivity index (χ0v) is 22.1. The molecule has 0 radical (unpaired) electrons. The maximum Gasteiger partial charge on any atom is 0.322 e. The molecule has 0 saturated heterocycles. The van der Waals surface area contributed by atoms with Crippen molar-refractivity contribution in [3.05, 3.63) is 130 Å². The third-order valence-electron chi connectivity index (χ3n) is 7.00. The van der Waals surface area contributed by atoms with Crippen LogP contribution in [0.15, 0.2) is 97.2 Å². The summed E-state index contributed by atoms with van der Waals surface area (Å²) in [7, 11) is 0. The van der Waals surface area contributed by atoms with Crippen LogP contribution in [0.5, 0.6) is 0 Å². The van der Waals surface area contributed by atoms with Gasteiger partial charge in [0.15, 0.2) is 0 Å². The lowest BCUT2D eigenvalue weighted by atomic mass is 10.00. The van der Waals surface area contributed by atoms with Crippen LogP contribution in [0.3, 0.4) is 0 Å². The van der Waals surface area contributed by atoms with Crippen molar-refractivity contribution in [3.8, 4) is 11.5 Å². The van der Waals surface area contributed by atoms with Gasteiger partial charge in [0.2, 0.25) is 0 Å². The number of urea groups is 1. The number of para-hydroxylation sites is 1. The number of amides is 2. The Morgan fingerprint density at radius 3 is 2.58 bits per heavy atom. The number of aromatic nitrogens is 3. The number of carbonyl (C=O) groups excluding carboxylic acids is 1. The number of benzene rings is 3. The van der Waals surface area contributed by atoms with E-state index in [1.165, 1.54) is 0 Å². The van der Waals surface area contributed by atoms with E-state index in [2.05, 4.69) is 66.3 Å². The number of aryl methyl sites for hydroxylation is 2. The van der Waals surface area contributed by atoms with Gasteiger partial charge in [0.05, 0.1) is 29.7 Å². The molecule has 0 unspecified atom stereocenters. The number of nitrogens with one attached hydrogen (secondary N) is 1. The predicted octanol–water partition coefficient (Wildman–Crippen LogP) is 7.32. The van der Waals surface area contributed by atoms with E-state index >= 15 is 0 Å². The number of carbonyl (C=O) groups is 1. The lowest BCUT2D eigenvalue weighted by Crippen LogP contribution is -2.38. The summed E-state index contributed by atoms with van der Waals surface area (Å²) < 4.78 is 4.19. The van der Waals surface area contributed by atoms with Crippen LogP contribution in [0.2, 0.25) is 5.02 Å². The van der Waals surface area contributed by atoms with Gasteiger partial charge in [0.25, 0.3) is 0 Å². The number of rotatable bonds is 4. The summed E-state index contributed by atoms with van der Waals surface area (Å²) in [6.07, 6.45) is 2.81. The van der Waals surface area contributed by atoms with Gasteiger partial charge in [-0.3, -0.25) is 0 Å². The Morgan fingerprint density at radius 1 is 1.00 bits per heavy atom. The summed E-state index contributed by atoms with van der Waals surface area (Å²) >= 11 is 6.22. The molecule has 5 aromatic rings. The summed E-state index contributed by atoms with van der Waals surface area (Å²) in [5, 5.41) is 8.68. The highest BCUT2D eigenvalue weighted by molar-refractivity contribution is 6.30. The second-order valence-electron chi connectivity index (χ2n) is 9.54. The second kappa shape index (κ2) is 9.88. The molecular formula is C31H28ClN5O. The highest BCUT2D eigenvalue weighted by Crippen LogP contribution is 2.39. The van der Waals surface area contributed by atoms with Crippen molar-refractivity contribution in [1.29, 1.82) is 0 Å². The van der Waals surface area contributed by atoms with Crippen molar-refractivity contribution in [2.45, 2.75) is 32.9 Å². The van der Waals surface area contributed by atoms with Crippen molar-refractivity contribution >= 4 is 23.3 Å². The monoisotopic (exact) mass is 521 g/mol. The lowest BCUT2D eigenvalue weighted by molar-refractivity contribution is 0.194. The fourth-order valence-electron chi connectivity index (χ4n) is 5.30. The molecule has 38 heavy (non-hydrogen) atoms. The van der Waals surface area contributed by atoms with Crippen LogP contribution in [0.4, 0.5) is 10.5 Å². The molecule has 0 aliphatic carbocycles. The normalized spacial score (nSPS) is 14.5. The molecule has 7 heteroatoms. The van der Waals surface area contributed by atoms with Gasteiger partial charge in [-0.1, -0.05) is 72.6 Å². The van der Waals surface area contributed by atoms with Crippen molar-refractivity contribution in [2.75, 3.05) is 5.32 Å². The Hall–Kier alpha value is -4.29. The molecule has 1 atom stereocenters. The van der Waals surface area contributed by atoms with Gasteiger partial charge in [-0.25, -0.2) is 9.48 Å². The van der Waals surface area contributed by atoms with E-state index in [4.69, 9.17) is 16.7 Å². The minimum atomic E-state index is -0.314. The quantitative estimate of drug-likeness (QED) is 0.269. The first-order valence-corrected chi connectivity index (χ1v) is 13.1. The Balaban J connectivity index is 1.56. The summed E-state index contributed by atoms with van der Waals surface area (Å²) in [4.78, 5) is 16.0. The molecule has 3 aromatic carbocycles. The third kappa shape index (κ3) is 4.27. The fourth-order valence-corrected chi connectivity index (χ4v) is 5.49. The molecule has 6 rings (SSSR count). The molecule has 6 nitrogen and oxygen atoms in total. The van der Waals surface area contributed by atoms with E-state index in [1.807, 2.05) is 52.0 Å². The van der Waals surface area contributed by atoms with E-state index in [9.17, 15) is 4.79 Å². The standard InChI is InChI=1S/C31H28ClN5O/c1-3-27-26-20-36(31(38)33-24-13-8-12-23(32)19-24)29(22-11-7-10-21(2)18-22)28-16-9-17-35(28)30(26)37(34-27)25-14-5-4-6-15-25/h4-19,29H,3,20H2,1-2H3,(H,33,38)/t29-/m1/s1.